The van der Waals surface area contributed by atoms with Gasteiger partial charge in [0.05, 0.1) is 5.39 Å². The molecule has 138 valence electrons. The lowest BCUT2D eigenvalue weighted by Crippen LogP contribution is -1.99. The molecule has 0 unspecified atom stereocenters. The van der Waals surface area contributed by atoms with E-state index in [0.717, 1.165) is 39.2 Å². The minimum atomic E-state index is -0.279. The largest absolute Gasteiger partial charge is 0.298 e. The standard InChI is InChI=1S/C22H18FN5/c1-13-5-4-6-18(11-13)28-15(3)14(2)19-21(28)24-12-27-22(19)25-20(26-27)16-7-9-17(23)10-8-16/h4-12H,1-3H3. The Morgan fingerprint density at radius 1 is 0.929 bits per heavy atom. The highest BCUT2D eigenvalue weighted by molar-refractivity contribution is 5.95. The maximum absolute atomic E-state index is 13.2. The van der Waals surface area contributed by atoms with Crippen molar-refractivity contribution in [3.63, 3.8) is 0 Å². The van der Waals surface area contributed by atoms with Crippen LogP contribution in [0.25, 0.3) is 33.8 Å². The maximum Gasteiger partial charge on any atom is 0.182 e. The van der Waals surface area contributed by atoms with Crippen LogP contribution in [0.15, 0.2) is 54.9 Å². The van der Waals surface area contributed by atoms with E-state index < -0.39 is 0 Å². The molecule has 0 fully saturated rings. The summed E-state index contributed by atoms with van der Waals surface area (Å²) in [6, 6.07) is 14.6. The molecular weight excluding hydrogens is 353 g/mol. The third-order valence-corrected chi connectivity index (χ3v) is 5.20. The molecule has 0 amide bonds. The number of hydrogen-bond acceptors (Lipinski definition) is 3. The van der Waals surface area contributed by atoms with E-state index in [4.69, 9.17) is 4.98 Å². The molecule has 0 spiro atoms. The monoisotopic (exact) mass is 371 g/mol. The second-order valence-corrected chi connectivity index (χ2v) is 7.04. The van der Waals surface area contributed by atoms with Crippen LogP contribution >= 0.6 is 0 Å². The summed E-state index contributed by atoms with van der Waals surface area (Å²) in [6.07, 6.45) is 1.68. The molecule has 0 bridgehead atoms. The van der Waals surface area contributed by atoms with Gasteiger partial charge >= 0.3 is 0 Å². The van der Waals surface area contributed by atoms with Crippen molar-refractivity contribution in [1.29, 1.82) is 0 Å². The molecule has 0 radical (unpaired) electrons. The van der Waals surface area contributed by atoms with E-state index in [1.54, 1.807) is 23.0 Å². The number of nitrogens with zero attached hydrogens (tertiary/aromatic N) is 5. The van der Waals surface area contributed by atoms with Crippen molar-refractivity contribution in [3.8, 4) is 17.1 Å². The minimum absolute atomic E-state index is 0.279. The lowest BCUT2D eigenvalue weighted by molar-refractivity contribution is 0.628. The number of fused-ring (bicyclic) bond motifs is 3. The Morgan fingerprint density at radius 3 is 2.46 bits per heavy atom. The van der Waals surface area contributed by atoms with Gasteiger partial charge < -0.3 is 0 Å². The molecule has 5 nitrogen and oxygen atoms in total. The SMILES string of the molecule is Cc1cccc(-n2c(C)c(C)c3c2ncn2nc(-c4ccc(F)cc4)nc32)c1. The number of aryl methyl sites for hydroxylation is 2. The average molecular weight is 371 g/mol. The van der Waals surface area contributed by atoms with Gasteiger partial charge in [-0.1, -0.05) is 12.1 Å². The highest BCUT2D eigenvalue weighted by Crippen LogP contribution is 2.30. The number of aromatic nitrogens is 5. The zero-order valence-corrected chi connectivity index (χ0v) is 15.8. The first-order chi connectivity index (χ1) is 13.5. The summed E-state index contributed by atoms with van der Waals surface area (Å²) in [4.78, 5) is 9.42. The van der Waals surface area contributed by atoms with Crippen LogP contribution in [-0.2, 0) is 0 Å². The molecular formula is C22H18FN5. The fourth-order valence-corrected chi connectivity index (χ4v) is 3.66. The Hall–Kier alpha value is -3.54. The molecule has 0 aliphatic rings. The van der Waals surface area contributed by atoms with Crippen LogP contribution in [0.5, 0.6) is 0 Å². The van der Waals surface area contributed by atoms with Gasteiger partial charge in [-0.15, -0.1) is 5.10 Å². The lowest BCUT2D eigenvalue weighted by Gasteiger charge is -2.08. The smallest absolute Gasteiger partial charge is 0.182 e. The Bertz CT molecular complexity index is 1350. The molecule has 0 saturated heterocycles. The molecule has 5 aromatic rings. The van der Waals surface area contributed by atoms with Gasteiger partial charge in [-0.05, 0) is 68.3 Å². The highest BCUT2D eigenvalue weighted by atomic mass is 19.1. The van der Waals surface area contributed by atoms with Crippen molar-refractivity contribution in [2.45, 2.75) is 20.8 Å². The van der Waals surface area contributed by atoms with Crippen LogP contribution in [0.3, 0.4) is 0 Å². The van der Waals surface area contributed by atoms with Crippen molar-refractivity contribution in [1.82, 2.24) is 24.1 Å². The van der Waals surface area contributed by atoms with E-state index >= 15 is 0 Å². The van der Waals surface area contributed by atoms with Crippen LogP contribution in [0.2, 0.25) is 0 Å². The number of halogens is 1. The predicted molar refractivity (Wildman–Crippen MR) is 107 cm³/mol. The van der Waals surface area contributed by atoms with E-state index in [-0.39, 0.29) is 5.82 Å². The Morgan fingerprint density at radius 2 is 1.71 bits per heavy atom. The second kappa shape index (κ2) is 5.99. The molecule has 5 rings (SSSR count). The first-order valence-electron chi connectivity index (χ1n) is 9.09. The lowest BCUT2D eigenvalue weighted by atomic mass is 10.2. The van der Waals surface area contributed by atoms with Gasteiger partial charge in [0, 0.05) is 16.9 Å². The molecule has 6 heteroatoms. The van der Waals surface area contributed by atoms with Crippen LogP contribution in [0, 0.1) is 26.6 Å². The van der Waals surface area contributed by atoms with E-state index in [9.17, 15) is 4.39 Å². The normalized spacial score (nSPS) is 11.6. The van der Waals surface area contributed by atoms with Gasteiger partial charge in [0.15, 0.2) is 17.1 Å². The minimum Gasteiger partial charge on any atom is -0.298 e. The van der Waals surface area contributed by atoms with Crippen molar-refractivity contribution in [3.05, 3.63) is 77.5 Å². The summed E-state index contributed by atoms with van der Waals surface area (Å²) < 4.78 is 17.1. The van der Waals surface area contributed by atoms with Gasteiger partial charge in [0.1, 0.15) is 12.1 Å². The number of benzene rings is 2. The van der Waals surface area contributed by atoms with Crippen LogP contribution < -0.4 is 0 Å². The zero-order chi connectivity index (χ0) is 19.4. The van der Waals surface area contributed by atoms with E-state index in [2.05, 4.69) is 53.6 Å². The Kier molecular flexibility index (Phi) is 3.55. The molecule has 0 N–H and O–H groups in total. The molecule has 3 heterocycles. The third-order valence-electron chi connectivity index (χ3n) is 5.20. The van der Waals surface area contributed by atoms with Gasteiger partial charge in [-0.25, -0.2) is 18.9 Å². The van der Waals surface area contributed by atoms with E-state index in [1.807, 2.05) is 6.07 Å². The molecule has 2 aromatic carbocycles. The van der Waals surface area contributed by atoms with Crippen LogP contribution in [0.1, 0.15) is 16.8 Å². The fourth-order valence-electron chi connectivity index (χ4n) is 3.66. The Labute approximate surface area is 161 Å². The second-order valence-electron chi connectivity index (χ2n) is 7.04. The van der Waals surface area contributed by atoms with Gasteiger partial charge in [-0.2, -0.15) is 0 Å². The highest BCUT2D eigenvalue weighted by Gasteiger charge is 2.19. The summed E-state index contributed by atoms with van der Waals surface area (Å²) in [5, 5.41) is 5.52. The molecule has 0 aliphatic carbocycles. The Balaban J connectivity index is 1.79. The van der Waals surface area contributed by atoms with E-state index in [0.29, 0.717) is 5.82 Å². The van der Waals surface area contributed by atoms with Crippen molar-refractivity contribution in [2.75, 3.05) is 0 Å². The van der Waals surface area contributed by atoms with Crippen LogP contribution in [-0.4, -0.2) is 24.1 Å². The summed E-state index contributed by atoms with van der Waals surface area (Å²) in [5.41, 5.74) is 6.87. The van der Waals surface area contributed by atoms with Crippen molar-refractivity contribution in [2.24, 2.45) is 0 Å². The zero-order valence-electron chi connectivity index (χ0n) is 15.8. The van der Waals surface area contributed by atoms with E-state index in [1.165, 1.54) is 17.7 Å². The maximum atomic E-state index is 13.2. The number of rotatable bonds is 2. The topological polar surface area (TPSA) is 48.0 Å². The molecule has 0 atom stereocenters. The third kappa shape index (κ3) is 2.41. The average Bonchev–Trinajstić information content (AvgIpc) is 3.22. The summed E-state index contributed by atoms with van der Waals surface area (Å²) in [5.74, 6) is 0.271. The quantitative estimate of drug-likeness (QED) is 0.448. The first-order valence-corrected chi connectivity index (χ1v) is 9.09. The van der Waals surface area contributed by atoms with Crippen molar-refractivity contribution >= 4 is 16.7 Å². The molecule has 0 saturated carbocycles. The van der Waals surface area contributed by atoms with Crippen LogP contribution in [0.4, 0.5) is 4.39 Å². The predicted octanol–water partition coefficient (Wildman–Crippen LogP) is 4.80. The first kappa shape index (κ1) is 16.6. The van der Waals surface area contributed by atoms with Gasteiger partial charge in [0.2, 0.25) is 0 Å². The van der Waals surface area contributed by atoms with Gasteiger partial charge in [-0.3, -0.25) is 4.57 Å². The number of hydrogen-bond donors (Lipinski definition) is 0. The summed E-state index contributed by atoms with van der Waals surface area (Å²) in [7, 11) is 0. The summed E-state index contributed by atoms with van der Waals surface area (Å²) in [6.45, 7) is 6.25. The van der Waals surface area contributed by atoms with Crippen molar-refractivity contribution < 1.29 is 4.39 Å². The molecule has 0 aliphatic heterocycles. The molecule has 3 aromatic heterocycles. The molecule has 28 heavy (non-hydrogen) atoms. The fraction of sp³-hybridized carbons (Fsp3) is 0.136. The van der Waals surface area contributed by atoms with Gasteiger partial charge in [0.25, 0.3) is 0 Å². The summed E-state index contributed by atoms with van der Waals surface area (Å²) >= 11 is 0.